The number of fused-ring (bicyclic) bond motifs is 5. The quantitative estimate of drug-likeness (QED) is 0.226. The van der Waals surface area contributed by atoms with Crippen LogP contribution >= 0.6 is 0 Å². The maximum atomic E-state index is 3.66. The number of likely N-dealkylation sites (tertiary alicyclic amines) is 5. The van der Waals surface area contributed by atoms with Crippen LogP contribution in [0, 0.1) is 17.8 Å². The number of benzene rings is 3. The molecule has 490 valence electrons. The first-order valence-corrected chi connectivity index (χ1v) is 36.2. The van der Waals surface area contributed by atoms with Crippen LogP contribution in [-0.2, 0) is 58.5 Å². The van der Waals surface area contributed by atoms with Gasteiger partial charge in [0.1, 0.15) is 0 Å². The maximum Gasteiger partial charge on any atom is 0.0240 e. The summed E-state index contributed by atoms with van der Waals surface area (Å²) < 4.78 is 0. The molecule has 9 aliphatic heterocycles. The predicted octanol–water partition coefficient (Wildman–Crippen LogP) is 15.7. The first-order valence-electron chi connectivity index (χ1n) is 36.2. The van der Waals surface area contributed by atoms with Crippen LogP contribution in [-0.4, -0.2) is 166 Å². The average Bonchev–Trinajstić information content (AvgIpc) is 2.25. The van der Waals surface area contributed by atoms with Gasteiger partial charge in [-0.2, -0.15) is 0 Å². The van der Waals surface area contributed by atoms with Gasteiger partial charge in [0.15, 0.2) is 0 Å². The number of hydrogen-bond donors (Lipinski definition) is 1. The summed E-state index contributed by atoms with van der Waals surface area (Å²) in [5, 5.41) is 3.66. The van der Waals surface area contributed by atoms with Gasteiger partial charge < -0.3 is 10.2 Å². The zero-order valence-corrected chi connectivity index (χ0v) is 58.5. The molecule has 10 aliphatic rings. The summed E-state index contributed by atoms with van der Waals surface area (Å²) in [7, 11) is 0. The Morgan fingerprint density at radius 2 is 0.744 bits per heavy atom. The highest BCUT2D eigenvalue weighted by atomic mass is 15.3. The van der Waals surface area contributed by atoms with Crippen LogP contribution in [0.2, 0.25) is 0 Å². The second kappa shape index (κ2) is 32.5. The third-order valence-corrected chi connectivity index (χ3v) is 22.3. The van der Waals surface area contributed by atoms with Gasteiger partial charge >= 0.3 is 0 Å². The molecule has 0 spiro atoms. The summed E-state index contributed by atoms with van der Waals surface area (Å²) in [5.41, 5.74) is 14.7. The van der Waals surface area contributed by atoms with Gasteiger partial charge in [0.25, 0.3) is 0 Å². The molecule has 9 heteroatoms. The Bertz CT molecular complexity index is 2260. The molecule has 1 N–H and O–H groups in total. The van der Waals surface area contributed by atoms with Gasteiger partial charge in [0.05, 0.1) is 0 Å². The summed E-state index contributed by atoms with van der Waals surface area (Å²) in [6.07, 6.45) is 20.6. The highest BCUT2D eigenvalue weighted by molar-refractivity contribution is 5.36. The molecule has 86 heavy (non-hydrogen) atoms. The molecule has 0 radical (unpaired) electrons. The molecule has 3 aromatic carbocycles. The fourth-order valence-electron chi connectivity index (χ4n) is 16.4. The van der Waals surface area contributed by atoms with Crippen LogP contribution in [0.5, 0.6) is 0 Å². The van der Waals surface area contributed by atoms with E-state index in [0.29, 0.717) is 16.6 Å². The van der Waals surface area contributed by atoms with E-state index >= 15 is 0 Å². The molecule has 3 unspecified atom stereocenters. The molecule has 0 aromatic heterocycles. The molecule has 13 rings (SSSR count). The predicted molar refractivity (Wildman–Crippen MR) is 376 cm³/mol. The van der Waals surface area contributed by atoms with Gasteiger partial charge in [-0.1, -0.05) is 96.1 Å². The fourth-order valence-corrected chi connectivity index (χ4v) is 16.4. The van der Waals surface area contributed by atoms with Crippen molar-refractivity contribution in [3.8, 4) is 0 Å². The largest absolute Gasteiger partial charge is 0.314 e. The first kappa shape index (κ1) is 69.2. The van der Waals surface area contributed by atoms with Crippen molar-refractivity contribution in [1.82, 2.24) is 44.5 Å². The zero-order chi connectivity index (χ0) is 61.6. The summed E-state index contributed by atoms with van der Waals surface area (Å²) in [4.78, 5) is 21.0. The fraction of sp³-hybridized carbons (Fsp3) is 0.766. The number of nitrogens with one attached hydrogen (secondary N) is 1. The molecular weight excluding hydrogens is 1050 g/mol. The van der Waals surface area contributed by atoms with E-state index in [1.807, 2.05) is 0 Å². The van der Waals surface area contributed by atoms with Gasteiger partial charge in [0, 0.05) is 104 Å². The normalized spacial score (nSPS) is 25.4. The molecule has 6 saturated heterocycles. The van der Waals surface area contributed by atoms with Crippen molar-refractivity contribution in [1.29, 1.82) is 0 Å². The number of hydrogen-bond acceptors (Lipinski definition) is 9. The standard InChI is InChI=1S/C15H28N2.2C13H26N2.3C12H17N.3H2/c1-15(2,3)17-10-12-6-7-13(11-17)14(12)16-8-4-5-9-16;1-13(2,3)15-9-6-11(7-10-15)12-5-4-8-14-12;1-13(2,3)15-10-6-12(7-11-15)14-8-4-5-9-14;3*1-3-10-5-6-11-8-13(4-2)9-12(11)7-10;;;/h12-14H,4-11H2,1-3H3;11-12,14H,4-10H2,1-3H3;12H,4-11H2,1-3H3;3*5-7H,3-4,8-9H2,1-2H3;3*1H. The SMILES string of the molecule is CC(C)(C)N1CC2CCC(C1)C2N1CCCC1.CC(C)(C)N1CCC(C2CCCN2)CC1.CC(C)(C)N1CCC(N2CCCC2)CC1.CCc1ccc2c(c1)CN(CC)C2.CCc1ccc2c(c1)CN(CC)C2.CCc1ccc2c(c1)CN(CC)C2.[HH].[HH].[HH]. The minimum atomic E-state index is 0. The second-order valence-electron chi connectivity index (χ2n) is 31.0. The van der Waals surface area contributed by atoms with E-state index in [1.54, 1.807) is 16.7 Å². The average molecular weight is 1190 g/mol. The Kier molecular flexibility index (Phi) is 26.2. The molecule has 3 atom stereocenters. The van der Waals surface area contributed by atoms with Crippen LogP contribution in [0.4, 0.5) is 0 Å². The third kappa shape index (κ3) is 19.4. The molecule has 1 saturated carbocycles. The lowest BCUT2D eigenvalue weighted by Gasteiger charge is -2.47. The lowest BCUT2D eigenvalue weighted by molar-refractivity contribution is 0.0143. The number of aryl methyl sites for hydroxylation is 3. The van der Waals surface area contributed by atoms with Crippen LogP contribution in [0.25, 0.3) is 0 Å². The van der Waals surface area contributed by atoms with E-state index in [0.717, 1.165) is 114 Å². The van der Waals surface area contributed by atoms with Gasteiger partial charge in [-0.25, -0.2) is 0 Å². The lowest BCUT2D eigenvalue weighted by Crippen LogP contribution is -2.56. The Morgan fingerprint density at radius 3 is 1.08 bits per heavy atom. The minimum Gasteiger partial charge on any atom is -0.314 e. The highest BCUT2D eigenvalue weighted by Gasteiger charge is 2.47. The van der Waals surface area contributed by atoms with Crippen molar-refractivity contribution >= 4 is 0 Å². The Labute approximate surface area is 534 Å². The molecular formula is C77H137N9. The third-order valence-electron chi connectivity index (χ3n) is 22.3. The highest BCUT2D eigenvalue weighted by Crippen LogP contribution is 2.43. The van der Waals surface area contributed by atoms with Gasteiger partial charge in [-0.05, 0) is 292 Å². The molecule has 0 amide bonds. The van der Waals surface area contributed by atoms with Crippen molar-refractivity contribution in [2.24, 2.45) is 17.8 Å². The monoisotopic (exact) mass is 1190 g/mol. The second-order valence-corrected chi connectivity index (χ2v) is 31.0. The topological polar surface area (TPSA) is 38.0 Å². The summed E-state index contributed by atoms with van der Waals surface area (Å²) in [6, 6.07) is 23.4. The Morgan fingerprint density at radius 1 is 0.384 bits per heavy atom. The van der Waals surface area contributed by atoms with Crippen LogP contribution in [0.1, 0.15) is 235 Å². The Hall–Kier alpha value is -2.70. The van der Waals surface area contributed by atoms with Crippen molar-refractivity contribution in [3.05, 3.63) is 105 Å². The van der Waals surface area contributed by atoms with Gasteiger partial charge in [0.2, 0.25) is 0 Å². The first-order chi connectivity index (χ1) is 41.2. The van der Waals surface area contributed by atoms with Crippen molar-refractivity contribution < 1.29 is 4.28 Å². The van der Waals surface area contributed by atoms with Gasteiger partial charge in [-0.15, -0.1) is 0 Å². The lowest BCUT2D eigenvalue weighted by atomic mass is 9.87. The van der Waals surface area contributed by atoms with Crippen molar-refractivity contribution in [2.75, 3.05) is 91.6 Å². The van der Waals surface area contributed by atoms with Crippen LogP contribution in [0.15, 0.2) is 54.6 Å². The van der Waals surface area contributed by atoms with Crippen molar-refractivity contribution in [3.63, 3.8) is 0 Å². The molecule has 2 bridgehead atoms. The van der Waals surface area contributed by atoms with E-state index in [1.165, 1.54) is 182 Å². The maximum absolute atomic E-state index is 3.66. The minimum absolute atomic E-state index is 0. The number of rotatable bonds is 9. The summed E-state index contributed by atoms with van der Waals surface area (Å²) in [5.74, 6) is 2.88. The summed E-state index contributed by atoms with van der Waals surface area (Å²) in [6.45, 7) is 59.5. The molecule has 7 fully saturated rings. The Balaban J connectivity index is 0.000000194. The zero-order valence-electron chi connectivity index (χ0n) is 58.5. The van der Waals surface area contributed by atoms with E-state index < -0.39 is 0 Å². The van der Waals surface area contributed by atoms with Crippen molar-refractivity contribution in [2.45, 2.75) is 274 Å². The van der Waals surface area contributed by atoms with E-state index in [-0.39, 0.29) is 4.28 Å². The molecule has 1 aliphatic carbocycles. The van der Waals surface area contributed by atoms with Crippen LogP contribution in [0.3, 0.4) is 0 Å². The summed E-state index contributed by atoms with van der Waals surface area (Å²) >= 11 is 0. The smallest absolute Gasteiger partial charge is 0.0240 e. The molecule has 9 nitrogen and oxygen atoms in total. The van der Waals surface area contributed by atoms with Gasteiger partial charge in [-0.3, -0.25) is 34.3 Å². The van der Waals surface area contributed by atoms with E-state index in [9.17, 15) is 0 Å². The van der Waals surface area contributed by atoms with E-state index in [4.69, 9.17) is 0 Å². The van der Waals surface area contributed by atoms with E-state index in [2.05, 4.69) is 203 Å². The molecule has 3 aromatic rings. The number of nitrogens with zero attached hydrogens (tertiary/aromatic N) is 8. The van der Waals surface area contributed by atoms with Crippen LogP contribution < -0.4 is 5.32 Å². The number of piperidine rings is 3. The molecule has 9 heterocycles.